The molecule has 0 spiro atoms. The molecule has 0 saturated carbocycles. The molecule has 1 amide bonds. The van der Waals surface area contributed by atoms with Gasteiger partial charge in [0.05, 0.1) is 4.88 Å². The van der Waals surface area contributed by atoms with E-state index >= 15 is 0 Å². The predicted octanol–water partition coefficient (Wildman–Crippen LogP) is 3.33. The first kappa shape index (κ1) is 12.9. The summed E-state index contributed by atoms with van der Waals surface area (Å²) in [6, 6.07) is 2.10. The largest absolute Gasteiger partial charge is 0.340 e. The fourth-order valence-electron chi connectivity index (χ4n) is 2.19. The van der Waals surface area contributed by atoms with Crippen LogP contribution in [-0.2, 0) is 12.8 Å². The van der Waals surface area contributed by atoms with Crippen LogP contribution in [0.15, 0.2) is 6.07 Å². The number of aryl methyl sites for hydroxylation is 2. The molecule has 0 aliphatic heterocycles. The molecular weight excluding hydrogens is 254 g/mol. The Morgan fingerprint density at radius 1 is 1.41 bits per heavy atom. The standard InChI is InChI=1S/C13H18ClNOS/c1-15(8-7-14)13(16)12-9-10-5-3-2-4-6-11(10)17-12/h9H,2-8H2,1H3. The van der Waals surface area contributed by atoms with Gasteiger partial charge in [0, 0.05) is 24.3 Å². The van der Waals surface area contributed by atoms with Crippen LogP contribution in [0.2, 0.25) is 0 Å². The third kappa shape index (κ3) is 3.02. The zero-order valence-corrected chi connectivity index (χ0v) is 11.7. The lowest BCUT2D eigenvalue weighted by Crippen LogP contribution is -2.27. The maximum Gasteiger partial charge on any atom is 0.263 e. The second kappa shape index (κ2) is 5.87. The van der Waals surface area contributed by atoms with Gasteiger partial charge in [0.15, 0.2) is 0 Å². The molecule has 0 unspecified atom stereocenters. The van der Waals surface area contributed by atoms with Crippen LogP contribution in [0, 0.1) is 0 Å². The monoisotopic (exact) mass is 271 g/mol. The molecular formula is C13H18ClNOS. The molecule has 0 fully saturated rings. The van der Waals surface area contributed by atoms with E-state index in [1.807, 2.05) is 7.05 Å². The normalized spacial score (nSPS) is 15.2. The molecule has 1 aromatic rings. The number of carbonyl (C=O) groups excluding carboxylic acids is 1. The highest BCUT2D eigenvalue weighted by atomic mass is 35.5. The summed E-state index contributed by atoms with van der Waals surface area (Å²) in [7, 11) is 1.82. The fraction of sp³-hybridized carbons (Fsp3) is 0.615. The van der Waals surface area contributed by atoms with Gasteiger partial charge >= 0.3 is 0 Å². The Bertz CT molecular complexity index is 379. The number of alkyl halides is 1. The molecule has 0 atom stereocenters. The van der Waals surface area contributed by atoms with Crippen LogP contribution in [-0.4, -0.2) is 30.3 Å². The zero-order chi connectivity index (χ0) is 12.3. The van der Waals surface area contributed by atoms with Crippen molar-refractivity contribution in [2.24, 2.45) is 0 Å². The van der Waals surface area contributed by atoms with Gasteiger partial charge in [0.25, 0.3) is 5.91 Å². The summed E-state index contributed by atoms with van der Waals surface area (Å²) in [5.74, 6) is 0.608. The highest BCUT2D eigenvalue weighted by Gasteiger charge is 2.18. The number of hydrogen-bond acceptors (Lipinski definition) is 2. The summed E-state index contributed by atoms with van der Waals surface area (Å²) in [6.07, 6.45) is 6.12. The number of hydrogen-bond donors (Lipinski definition) is 0. The molecule has 0 saturated heterocycles. The van der Waals surface area contributed by atoms with Crippen molar-refractivity contribution in [1.82, 2.24) is 4.90 Å². The van der Waals surface area contributed by atoms with Crippen molar-refractivity contribution in [3.05, 3.63) is 21.4 Å². The van der Waals surface area contributed by atoms with Crippen molar-refractivity contribution >= 4 is 28.8 Å². The first-order valence-corrected chi connectivity index (χ1v) is 7.50. The molecule has 0 bridgehead atoms. The van der Waals surface area contributed by atoms with Crippen LogP contribution in [0.5, 0.6) is 0 Å². The lowest BCUT2D eigenvalue weighted by molar-refractivity contribution is 0.0808. The maximum atomic E-state index is 12.1. The summed E-state index contributed by atoms with van der Waals surface area (Å²) in [6.45, 7) is 0.614. The Morgan fingerprint density at radius 2 is 2.18 bits per heavy atom. The molecule has 1 aliphatic rings. The number of carbonyl (C=O) groups is 1. The number of fused-ring (bicyclic) bond motifs is 1. The molecule has 17 heavy (non-hydrogen) atoms. The molecule has 4 heteroatoms. The first-order valence-electron chi connectivity index (χ1n) is 6.15. The Hall–Kier alpha value is -0.540. The van der Waals surface area contributed by atoms with E-state index in [-0.39, 0.29) is 5.91 Å². The van der Waals surface area contributed by atoms with E-state index < -0.39 is 0 Å². The maximum absolute atomic E-state index is 12.1. The number of amides is 1. The third-order valence-corrected chi connectivity index (χ3v) is 4.62. The average Bonchev–Trinajstić information content (AvgIpc) is 2.60. The van der Waals surface area contributed by atoms with Crippen molar-refractivity contribution < 1.29 is 4.79 Å². The van der Waals surface area contributed by atoms with Gasteiger partial charge in [-0.3, -0.25) is 4.79 Å². The van der Waals surface area contributed by atoms with Crippen molar-refractivity contribution in [1.29, 1.82) is 0 Å². The zero-order valence-electron chi connectivity index (χ0n) is 10.2. The van der Waals surface area contributed by atoms with Crippen LogP contribution in [0.25, 0.3) is 0 Å². The molecule has 0 N–H and O–H groups in total. The molecule has 1 heterocycles. The van der Waals surface area contributed by atoms with Crippen molar-refractivity contribution in [2.75, 3.05) is 19.5 Å². The highest BCUT2D eigenvalue weighted by Crippen LogP contribution is 2.29. The van der Waals surface area contributed by atoms with Gasteiger partial charge in [-0.05, 0) is 37.3 Å². The smallest absolute Gasteiger partial charge is 0.263 e. The second-order valence-electron chi connectivity index (χ2n) is 4.54. The lowest BCUT2D eigenvalue weighted by atomic mass is 10.1. The van der Waals surface area contributed by atoms with E-state index in [1.165, 1.54) is 29.7 Å². The Morgan fingerprint density at radius 3 is 2.94 bits per heavy atom. The summed E-state index contributed by atoms with van der Waals surface area (Å²) < 4.78 is 0. The van der Waals surface area contributed by atoms with E-state index in [0.29, 0.717) is 12.4 Å². The van der Waals surface area contributed by atoms with E-state index in [2.05, 4.69) is 6.07 Å². The second-order valence-corrected chi connectivity index (χ2v) is 6.05. The Kier molecular flexibility index (Phi) is 4.46. The van der Waals surface area contributed by atoms with Crippen LogP contribution < -0.4 is 0 Å². The molecule has 0 radical (unpaired) electrons. The molecule has 94 valence electrons. The van der Waals surface area contributed by atoms with Crippen LogP contribution >= 0.6 is 22.9 Å². The molecule has 2 rings (SSSR count). The summed E-state index contributed by atoms with van der Waals surface area (Å²) in [4.78, 5) is 16.1. The Labute approximate surface area is 112 Å². The minimum absolute atomic E-state index is 0.115. The summed E-state index contributed by atoms with van der Waals surface area (Å²) in [5, 5.41) is 0. The van der Waals surface area contributed by atoms with Gasteiger partial charge in [-0.25, -0.2) is 0 Å². The molecule has 1 aromatic heterocycles. The SMILES string of the molecule is CN(CCCl)C(=O)c1cc2c(s1)CCCCC2. The van der Waals surface area contributed by atoms with E-state index in [4.69, 9.17) is 11.6 Å². The minimum atomic E-state index is 0.115. The number of rotatable bonds is 3. The van der Waals surface area contributed by atoms with Crippen molar-refractivity contribution in [3.8, 4) is 0 Å². The molecule has 1 aliphatic carbocycles. The third-order valence-electron chi connectivity index (χ3n) is 3.22. The number of thiophene rings is 1. The topological polar surface area (TPSA) is 20.3 Å². The van der Waals surface area contributed by atoms with Gasteiger partial charge in [0.1, 0.15) is 0 Å². The van der Waals surface area contributed by atoms with E-state index in [9.17, 15) is 4.79 Å². The van der Waals surface area contributed by atoms with Gasteiger partial charge in [-0.2, -0.15) is 0 Å². The summed E-state index contributed by atoms with van der Waals surface area (Å²) in [5.41, 5.74) is 1.40. The fourth-order valence-corrected chi connectivity index (χ4v) is 3.69. The summed E-state index contributed by atoms with van der Waals surface area (Å²) >= 11 is 7.34. The van der Waals surface area contributed by atoms with Gasteiger partial charge in [-0.15, -0.1) is 22.9 Å². The van der Waals surface area contributed by atoms with Crippen molar-refractivity contribution in [3.63, 3.8) is 0 Å². The molecule has 0 aromatic carbocycles. The number of halogens is 1. The quantitative estimate of drug-likeness (QED) is 0.610. The van der Waals surface area contributed by atoms with Gasteiger partial charge < -0.3 is 4.90 Å². The molecule has 2 nitrogen and oxygen atoms in total. The van der Waals surface area contributed by atoms with Crippen molar-refractivity contribution in [2.45, 2.75) is 32.1 Å². The first-order chi connectivity index (χ1) is 8.22. The van der Waals surface area contributed by atoms with E-state index in [1.54, 1.807) is 16.2 Å². The highest BCUT2D eigenvalue weighted by molar-refractivity contribution is 7.14. The van der Waals surface area contributed by atoms with Crippen LogP contribution in [0.3, 0.4) is 0 Å². The minimum Gasteiger partial charge on any atom is -0.340 e. The van der Waals surface area contributed by atoms with Crippen LogP contribution in [0.1, 0.15) is 39.4 Å². The predicted molar refractivity (Wildman–Crippen MR) is 73.3 cm³/mol. The lowest BCUT2D eigenvalue weighted by Gasteiger charge is -2.13. The van der Waals surface area contributed by atoms with Crippen LogP contribution in [0.4, 0.5) is 0 Å². The van der Waals surface area contributed by atoms with E-state index in [0.717, 1.165) is 17.7 Å². The number of nitrogens with zero attached hydrogens (tertiary/aromatic N) is 1. The van der Waals surface area contributed by atoms with Gasteiger partial charge in [0.2, 0.25) is 0 Å². The van der Waals surface area contributed by atoms with Gasteiger partial charge in [-0.1, -0.05) is 6.42 Å². The Balaban J connectivity index is 2.14. The average molecular weight is 272 g/mol.